The van der Waals surface area contributed by atoms with Crippen molar-refractivity contribution in [1.29, 1.82) is 0 Å². The molecule has 0 aromatic heterocycles. The lowest BCUT2D eigenvalue weighted by atomic mass is 9.71. The smallest absolute Gasteiger partial charge is 0.231 e. The van der Waals surface area contributed by atoms with Gasteiger partial charge in [-0.15, -0.1) is 0 Å². The predicted octanol–water partition coefficient (Wildman–Crippen LogP) is 2.63. The summed E-state index contributed by atoms with van der Waals surface area (Å²) in [5.74, 6) is 2.73. The van der Waals surface area contributed by atoms with Crippen molar-refractivity contribution in [3.63, 3.8) is 0 Å². The largest absolute Gasteiger partial charge is 0.454 e. The zero-order valence-electron chi connectivity index (χ0n) is 12.1. The van der Waals surface area contributed by atoms with E-state index in [4.69, 9.17) is 9.47 Å². The maximum atomic E-state index is 12.5. The van der Waals surface area contributed by atoms with Crippen LogP contribution in [0.25, 0.3) is 0 Å². The lowest BCUT2D eigenvalue weighted by molar-refractivity contribution is -0.147. The molecule has 4 aliphatic rings. The number of rotatable bonds is 0. The average Bonchev–Trinajstić information content (AvgIpc) is 3.09. The molecule has 4 nitrogen and oxygen atoms in total. The molecule has 0 bridgehead atoms. The first-order valence-electron chi connectivity index (χ1n) is 7.98. The van der Waals surface area contributed by atoms with Gasteiger partial charge in [-0.25, -0.2) is 0 Å². The summed E-state index contributed by atoms with van der Waals surface area (Å²) in [6.45, 7) is 1.07. The van der Waals surface area contributed by atoms with E-state index >= 15 is 0 Å². The SMILES string of the molecule is O=C1CCC2CCCC23Cc2cc4c(cc2CN13)OCO4. The van der Waals surface area contributed by atoms with Gasteiger partial charge in [0.2, 0.25) is 12.7 Å². The highest BCUT2D eigenvalue weighted by Gasteiger charge is 2.53. The number of ether oxygens (including phenoxy) is 2. The van der Waals surface area contributed by atoms with Crippen LogP contribution in [0.3, 0.4) is 0 Å². The molecule has 2 unspecified atom stereocenters. The quantitative estimate of drug-likeness (QED) is 0.735. The van der Waals surface area contributed by atoms with Gasteiger partial charge in [-0.3, -0.25) is 4.79 Å². The molecule has 4 heteroatoms. The van der Waals surface area contributed by atoms with Gasteiger partial charge in [-0.2, -0.15) is 0 Å². The summed E-state index contributed by atoms with van der Waals surface area (Å²) >= 11 is 0. The molecule has 2 atom stereocenters. The zero-order valence-corrected chi connectivity index (χ0v) is 12.1. The van der Waals surface area contributed by atoms with E-state index in [0.29, 0.717) is 18.6 Å². The van der Waals surface area contributed by atoms with Crippen molar-refractivity contribution >= 4 is 5.91 Å². The summed E-state index contributed by atoms with van der Waals surface area (Å²) in [5.41, 5.74) is 2.69. The molecule has 110 valence electrons. The number of hydrogen-bond donors (Lipinski definition) is 0. The third kappa shape index (κ3) is 1.48. The van der Waals surface area contributed by atoms with Crippen LogP contribution in [0.15, 0.2) is 12.1 Å². The summed E-state index contributed by atoms with van der Waals surface area (Å²) < 4.78 is 11.0. The highest BCUT2D eigenvalue weighted by Crippen LogP contribution is 2.52. The maximum absolute atomic E-state index is 12.5. The number of piperidine rings is 1. The van der Waals surface area contributed by atoms with Gasteiger partial charge in [0.05, 0.1) is 5.54 Å². The molecule has 0 N–H and O–H groups in total. The maximum Gasteiger partial charge on any atom is 0.231 e. The Kier molecular flexibility index (Phi) is 2.23. The molecule has 1 saturated heterocycles. The highest BCUT2D eigenvalue weighted by molar-refractivity contribution is 5.79. The lowest BCUT2D eigenvalue weighted by Gasteiger charge is -2.52. The van der Waals surface area contributed by atoms with Gasteiger partial charge >= 0.3 is 0 Å². The minimum Gasteiger partial charge on any atom is -0.454 e. The Morgan fingerprint density at radius 3 is 2.81 bits per heavy atom. The third-order valence-corrected chi connectivity index (χ3v) is 5.99. The molecule has 3 heterocycles. The van der Waals surface area contributed by atoms with Crippen molar-refractivity contribution in [1.82, 2.24) is 4.90 Å². The van der Waals surface area contributed by atoms with Crippen LogP contribution in [0, 0.1) is 5.92 Å². The topological polar surface area (TPSA) is 38.8 Å². The summed E-state index contributed by atoms with van der Waals surface area (Å²) in [5, 5.41) is 0. The van der Waals surface area contributed by atoms with E-state index in [2.05, 4.69) is 17.0 Å². The van der Waals surface area contributed by atoms with Crippen LogP contribution in [0.1, 0.15) is 43.2 Å². The van der Waals surface area contributed by atoms with E-state index in [1.807, 2.05) is 0 Å². The van der Waals surface area contributed by atoms with Crippen LogP contribution in [0.5, 0.6) is 11.5 Å². The summed E-state index contributed by atoms with van der Waals surface area (Å²) in [6.07, 6.45) is 6.51. The molecule has 0 radical (unpaired) electrons. The Labute approximate surface area is 124 Å². The van der Waals surface area contributed by atoms with Crippen LogP contribution >= 0.6 is 0 Å². The fourth-order valence-electron chi connectivity index (χ4n) is 4.99. The molecule has 1 spiro atoms. The Balaban J connectivity index is 1.63. The van der Waals surface area contributed by atoms with Gasteiger partial charge in [0.15, 0.2) is 11.5 Å². The lowest BCUT2D eigenvalue weighted by Crippen LogP contribution is -2.60. The van der Waals surface area contributed by atoms with Gasteiger partial charge < -0.3 is 14.4 Å². The number of amides is 1. The van der Waals surface area contributed by atoms with Gasteiger partial charge in [0, 0.05) is 13.0 Å². The summed E-state index contributed by atoms with van der Waals surface area (Å²) in [4.78, 5) is 14.7. The Hall–Kier alpha value is -1.71. The van der Waals surface area contributed by atoms with E-state index in [1.54, 1.807) is 0 Å². The summed E-state index contributed by atoms with van der Waals surface area (Å²) in [7, 11) is 0. The normalized spacial score (nSPS) is 32.7. The van der Waals surface area contributed by atoms with Gasteiger partial charge in [0.25, 0.3) is 0 Å². The Bertz CT molecular complexity index is 641. The fraction of sp³-hybridized carbons (Fsp3) is 0.588. The molecule has 3 aliphatic heterocycles. The molecule has 1 aromatic carbocycles. The van der Waals surface area contributed by atoms with Crippen molar-refractivity contribution in [3.8, 4) is 11.5 Å². The number of nitrogens with zero attached hydrogens (tertiary/aromatic N) is 1. The van der Waals surface area contributed by atoms with E-state index in [9.17, 15) is 4.79 Å². The van der Waals surface area contributed by atoms with Crippen LogP contribution in [0.2, 0.25) is 0 Å². The number of carbonyl (C=O) groups excluding carboxylic acids is 1. The molecular weight excluding hydrogens is 266 g/mol. The molecule has 1 amide bonds. The third-order valence-electron chi connectivity index (χ3n) is 5.99. The molecule has 21 heavy (non-hydrogen) atoms. The second kappa shape index (κ2) is 3.93. The van der Waals surface area contributed by atoms with Gasteiger partial charge in [0.1, 0.15) is 0 Å². The molecule has 1 aromatic rings. The predicted molar refractivity (Wildman–Crippen MR) is 76.1 cm³/mol. The minimum absolute atomic E-state index is 0.0933. The van der Waals surface area contributed by atoms with Gasteiger partial charge in [-0.1, -0.05) is 6.42 Å². The first-order valence-corrected chi connectivity index (χ1v) is 7.98. The number of hydrogen-bond acceptors (Lipinski definition) is 3. The molecule has 2 fully saturated rings. The second-order valence-electron chi connectivity index (χ2n) is 6.86. The average molecular weight is 285 g/mol. The van der Waals surface area contributed by atoms with Crippen molar-refractivity contribution in [2.75, 3.05) is 6.79 Å². The first-order chi connectivity index (χ1) is 10.3. The molecule has 1 saturated carbocycles. The van der Waals surface area contributed by atoms with E-state index in [0.717, 1.165) is 43.7 Å². The van der Waals surface area contributed by atoms with E-state index < -0.39 is 0 Å². The monoisotopic (exact) mass is 285 g/mol. The minimum atomic E-state index is 0.0933. The van der Waals surface area contributed by atoms with Gasteiger partial charge in [-0.05, 0) is 54.9 Å². The second-order valence-corrected chi connectivity index (χ2v) is 6.86. The fourth-order valence-corrected chi connectivity index (χ4v) is 4.99. The van der Waals surface area contributed by atoms with Crippen molar-refractivity contribution in [2.24, 2.45) is 5.92 Å². The number of carbonyl (C=O) groups is 1. The Morgan fingerprint density at radius 2 is 1.95 bits per heavy atom. The van der Waals surface area contributed by atoms with Crippen molar-refractivity contribution < 1.29 is 14.3 Å². The van der Waals surface area contributed by atoms with E-state index in [1.165, 1.54) is 24.0 Å². The van der Waals surface area contributed by atoms with E-state index in [-0.39, 0.29) is 5.54 Å². The number of benzene rings is 1. The van der Waals surface area contributed by atoms with Crippen LogP contribution in [0.4, 0.5) is 0 Å². The molecular formula is C17H19NO3. The highest BCUT2D eigenvalue weighted by atomic mass is 16.7. The van der Waals surface area contributed by atoms with Crippen LogP contribution < -0.4 is 9.47 Å². The number of fused-ring (bicyclic) bond motifs is 2. The zero-order chi connectivity index (χ0) is 14.0. The molecule has 5 rings (SSSR count). The first kappa shape index (κ1) is 11.9. The standard InChI is InChI=1S/C17H19NO3/c19-16-4-3-13-2-1-5-17(13)8-11-6-14-15(21-10-20-14)7-12(11)9-18(16)17/h6-7,13H,1-5,8-10H2. The Morgan fingerprint density at radius 1 is 1.14 bits per heavy atom. The van der Waals surface area contributed by atoms with Crippen LogP contribution in [-0.4, -0.2) is 23.1 Å². The van der Waals surface area contributed by atoms with Crippen molar-refractivity contribution in [3.05, 3.63) is 23.3 Å². The summed E-state index contributed by atoms with van der Waals surface area (Å²) in [6, 6.07) is 4.23. The molecule has 1 aliphatic carbocycles. The van der Waals surface area contributed by atoms with Crippen LogP contribution in [-0.2, 0) is 17.8 Å². The van der Waals surface area contributed by atoms with Crippen molar-refractivity contribution in [2.45, 2.75) is 50.6 Å².